The predicted molar refractivity (Wildman–Crippen MR) is 103 cm³/mol. The molecule has 0 aliphatic carbocycles. The van der Waals surface area contributed by atoms with Gasteiger partial charge >= 0.3 is 0 Å². The third-order valence-corrected chi connectivity index (χ3v) is 5.05. The summed E-state index contributed by atoms with van der Waals surface area (Å²) >= 11 is 0. The van der Waals surface area contributed by atoms with Crippen LogP contribution in [0.1, 0.15) is 45.1 Å². The summed E-state index contributed by atoms with van der Waals surface area (Å²) in [6.07, 6.45) is 3.05. The lowest BCUT2D eigenvalue weighted by Crippen LogP contribution is -2.46. The number of benzene rings is 1. The number of fused-ring (bicyclic) bond motifs is 1. The molecule has 3 heterocycles. The molecule has 4 rings (SSSR count). The number of nitrogens with zero attached hydrogens (tertiary/aromatic N) is 5. The minimum atomic E-state index is -0.312. The molecule has 1 saturated heterocycles. The third kappa shape index (κ3) is 3.58. The Kier molecular flexibility index (Phi) is 4.77. The number of rotatable bonds is 3. The van der Waals surface area contributed by atoms with Crippen LogP contribution >= 0.6 is 0 Å². The zero-order chi connectivity index (χ0) is 19.7. The molecule has 1 aliphatic heterocycles. The molecule has 144 valence electrons. The molecular formula is C20H22N6O2. The number of hydrogen-bond donors (Lipinski definition) is 1. The van der Waals surface area contributed by atoms with E-state index in [4.69, 9.17) is 0 Å². The van der Waals surface area contributed by atoms with E-state index in [0.717, 1.165) is 11.3 Å². The number of nitrogens with one attached hydrogen (secondary N) is 1. The van der Waals surface area contributed by atoms with Gasteiger partial charge in [0.1, 0.15) is 0 Å². The summed E-state index contributed by atoms with van der Waals surface area (Å²) < 4.78 is 1.55. The highest BCUT2D eigenvalue weighted by molar-refractivity contribution is 5.94. The summed E-state index contributed by atoms with van der Waals surface area (Å²) in [7, 11) is 0. The minimum Gasteiger partial charge on any atom is -0.346 e. The Balaban J connectivity index is 1.36. The number of amides is 2. The molecule has 2 amide bonds. The lowest BCUT2D eigenvalue weighted by Gasteiger charge is -2.32. The van der Waals surface area contributed by atoms with Gasteiger partial charge in [0.05, 0.1) is 0 Å². The number of aromatic nitrogens is 4. The van der Waals surface area contributed by atoms with Crippen LogP contribution in [0, 0.1) is 13.8 Å². The van der Waals surface area contributed by atoms with Crippen molar-refractivity contribution >= 4 is 17.6 Å². The lowest BCUT2D eigenvalue weighted by atomic mass is 10.0. The SMILES string of the molecule is Cc1ccc(C(=O)N2CCC(NC(=O)c3nc4nccc(C)n4n3)CC2)cc1. The molecule has 0 spiro atoms. The van der Waals surface area contributed by atoms with Crippen LogP contribution in [-0.4, -0.2) is 55.4 Å². The summed E-state index contributed by atoms with van der Waals surface area (Å²) in [6, 6.07) is 9.41. The highest BCUT2D eigenvalue weighted by Crippen LogP contribution is 2.15. The third-order valence-electron chi connectivity index (χ3n) is 5.05. The lowest BCUT2D eigenvalue weighted by molar-refractivity contribution is 0.0697. The van der Waals surface area contributed by atoms with Crippen molar-refractivity contribution in [2.24, 2.45) is 0 Å². The first-order valence-electron chi connectivity index (χ1n) is 9.36. The second kappa shape index (κ2) is 7.38. The van der Waals surface area contributed by atoms with E-state index < -0.39 is 0 Å². The molecule has 8 nitrogen and oxygen atoms in total. The van der Waals surface area contributed by atoms with Crippen molar-refractivity contribution < 1.29 is 9.59 Å². The zero-order valence-electron chi connectivity index (χ0n) is 15.9. The number of carbonyl (C=O) groups is 2. The van der Waals surface area contributed by atoms with E-state index >= 15 is 0 Å². The van der Waals surface area contributed by atoms with E-state index in [1.807, 2.05) is 49.1 Å². The predicted octanol–water partition coefficient (Wildman–Crippen LogP) is 1.78. The van der Waals surface area contributed by atoms with Crippen LogP contribution in [0.15, 0.2) is 36.5 Å². The van der Waals surface area contributed by atoms with Crippen LogP contribution in [0.25, 0.3) is 5.78 Å². The van der Waals surface area contributed by atoms with Crippen LogP contribution in [-0.2, 0) is 0 Å². The fourth-order valence-electron chi connectivity index (χ4n) is 3.36. The van der Waals surface area contributed by atoms with Gasteiger partial charge in [-0.1, -0.05) is 17.7 Å². The summed E-state index contributed by atoms with van der Waals surface area (Å²) in [6.45, 7) is 5.09. The Bertz CT molecular complexity index is 1020. The van der Waals surface area contributed by atoms with Gasteiger partial charge in [0, 0.05) is 36.6 Å². The van der Waals surface area contributed by atoms with E-state index in [2.05, 4.69) is 20.4 Å². The molecule has 8 heteroatoms. The minimum absolute atomic E-state index is 0.00441. The van der Waals surface area contributed by atoms with Gasteiger partial charge in [0.2, 0.25) is 5.82 Å². The Morgan fingerprint density at radius 1 is 1.07 bits per heavy atom. The van der Waals surface area contributed by atoms with Gasteiger partial charge in [-0.25, -0.2) is 9.50 Å². The largest absolute Gasteiger partial charge is 0.346 e. The number of hydrogen-bond acceptors (Lipinski definition) is 5. The monoisotopic (exact) mass is 378 g/mol. The summed E-state index contributed by atoms with van der Waals surface area (Å²) in [5, 5.41) is 7.21. The molecule has 3 aromatic rings. The molecule has 1 aromatic carbocycles. The van der Waals surface area contributed by atoms with Gasteiger partial charge < -0.3 is 10.2 Å². The van der Waals surface area contributed by atoms with Crippen molar-refractivity contribution in [3.05, 3.63) is 59.2 Å². The van der Waals surface area contributed by atoms with Crippen molar-refractivity contribution in [1.29, 1.82) is 0 Å². The first kappa shape index (κ1) is 18.1. The average Bonchev–Trinajstić information content (AvgIpc) is 3.15. The highest BCUT2D eigenvalue weighted by atomic mass is 16.2. The van der Waals surface area contributed by atoms with E-state index in [1.165, 1.54) is 0 Å². The number of likely N-dealkylation sites (tertiary alicyclic amines) is 1. The van der Waals surface area contributed by atoms with Gasteiger partial charge in [0.25, 0.3) is 17.6 Å². The second-order valence-corrected chi connectivity index (χ2v) is 7.14. The van der Waals surface area contributed by atoms with Crippen molar-refractivity contribution in [2.75, 3.05) is 13.1 Å². The van der Waals surface area contributed by atoms with Gasteiger partial charge in [-0.05, 0) is 44.9 Å². The number of carbonyl (C=O) groups excluding carboxylic acids is 2. The smallest absolute Gasteiger partial charge is 0.291 e. The first-order chi connectivity index (χ1) is 13.5. The highest BCUT2D eigenvalue weighted by Gasteiger charge is 2.26. The average molecular weight is 378 g/mol. The Labute approximate surface area is 162 Å². The van der Waals surface area contributed by atoms with Gasteiger partial charge in [0.15, 0.2) is 0 Å². The summed E-state index contributed by atoms with van der Waals surface area (Å²) in [5.74, 6) is 0.241. The van der Waals surface area contributed by atoms with E-state index in [1.54, 1.807) is 10.7 Å². The second-order valence-electron chi connectivity index (χ2n) is 7.14. The quantitative estimate of drug-likeness (QED) is 0.750. The molecule has 1 N–H and O–H groups in total. The van der Waals surface area contributed by atoms with E-state index in [0.29, 0.717) is 37.3 Å². The Morgan fingerprint density at radius 3 is 2.46 bits per heavy atom. The molecule has 0 unspecified atom stereocenters. The zero-order valence-corrected chi connectivity index (χ0v) is 15.9. The standard InChI is InChI=1S/C20H22N6O2/c1-13-3-5-15(6-4-13)19(28)25-11-8-16(9-12-25)22-18(27)17-23-20-21-10-7-14(2)26(20)24-17/h3-7,10,16H,8-9,11-12H2,1-2H3,(H,22,27). The Hall–Kier alpha value is -3.29. The normalized spacial score (nSPS) is 15.0. The Morgan fingerprint density at radius 2 is 1.79 bits per heavy atom. The number of aryl methyl sites for hydroxylation is 2. The van der Waals surface area contributed by atoms with Crippen LogP contribution in [0.2, 0.25) is 0 Å². The van der Waals surface area contributed by atoms with Crippen molar-refractivity contribution in [3.63, 3.8) is 0 Å². The maximum Gasteiger partial charge on any atom is 0.291 e. The topological polar surface area (TPSA) is 92.5 Å². The maximum atomic E-state index is 12.6. The molecule has 0 radical (unpaired) electrons. The summed E-state index contributed by atoms with van der Waals surface area (Å²) in [4.78, 5) is 35.3. The van der Waals surface area contributed by atoms with E-state index in [-0.39, 0.29) is 23.7 Å². The van der Waals surface area contributed by atoms with Crippen LogP contribution in [0.5, 0.6) is 0 Å². The summed E-state index contributed by atoms with van der Waals surface area (Å²) in [5.41, 5.74) is 2.69. The molecule has 0 bridgehead atoms. The van der Waals surface area contributed by atoms with Gasteiger partial charge in [-0.15, -0.1) is 5.10 Å². The molecule has 0 atom stereocenters. The van der Waals surface area contributed by atoms with Crippen LogP contribution in [0.3, 0.4) is 0 Å². The van der Waals surface area contributed by atoms with E-state index in [9.17, 15) is 9.59 Å². The molecule has 2 aromatic heterocycles. The van der Waals surface area contributed by atoms with Crippen molar-refractivity contribution in [2.45, 2.75) is 32.7 Å². The molecule has 0 saturated carbocycles. The molecule has 28 heavy (non-hydrogen) atoms. The van der Waals surface area contributed by atoms with Gasteiger partial charge in [-0.2, -0.15) is 4.98 Å². The van der Waals surface area contributed by atoms with Crippen molar-refractivity contribution in [3.8, 4) is 0 Å². The fraction of sp³-hybridized carbons (Fsp3) is 0.350. The first-order valence-corrected chi connectivity index (χ1v) is 9.36. The van der Waals surface area contributed by atoms with Crippen LogP contribution < -0.4 is 5.32 Å². The fourth-order valence-corrected chi connectivity index (χ4v) is 3.36. The maximum absolute atomic E-state index is 12.6. The molecule has 1 aliphatic rings. The van der Waals surface area contributed by atoms with Crippen LogP contribution in [0.4, 0.5) is 0 Å². The van der Waals surface area contributed by atoms with Crippen molar-refractivity contribution in [1.82, 2.24) is 29.8 Å². The van der Waals surface area contributed by atoms with Gasteiger partial charge in [-0.3, -0.25) is 9.59 Å². The number of piperidine rings is 1. The molecule has 1 fully saturated rings. The molecular weight excluding hydrogens is 356 g/mol.